The van der Waals surface area contributed by atoms with E-state index in [1.54, 1.807) is 0 Å². The molecule has 0 unspecified atom stereocenters. The van der Waals surface area contributed by atoms with Crippen LogP contribution in [0, 0.1) is 13.8 Å². The number of carbonyl (C=O) groups excluding carboxylic acids is 1. The molecule has 0 saturated heterocycles. The Morgan fingerprint density at radius 2 is 1.84 bits per heavy atom. The lowest BCUT2D eigenvalue weighted by Gasteiger charge is -2.22. The van der Waals surface area contributed by atoms with Crippen molar-refractivity contribution >= 4 is 23.0 Å². The Bertz CT molecular complexity index is 540. The summed E-state index contributed by atoms with van der Waals surface area (Å²) in [5.41, 5.74) is 5.59. The molecule has 1 aliphatic rings. The first-order valence-corrected chi connectivity index (χ1v) is 7.45. The second-order valence-corrected chi connectivity index (χ2v) is 5.75. The number of allylic oxidation sites excluding steroid dienone is 2. The molecule has 1 nitrogen and oxygen atoms in total. The van der Waals surface area contributed by atoms with Crippen LogP contribution in [0.25, 0.3) is 5.57 Å². The van der Waals surface area contributed by atoms with E-state index in [1.165, 1.54) is 11.1 Å². The second kappa shape index (κ2) is 5.92. The van der Waals surface area contributed by atoms with Gasteiger partial charge in [-0.05, 0) is 60.9 Å². The van der Waals surface area contributed by atoms with Crippen molar-refractivity contribution in [3.05, 3.63) is 39.4 Å². The molecule has 0 amide bonds. The highest BCUT2D eigenvalue weighted by molar-refractivity contribution is 6.33. The minimum atomic E-state index is 0.320. The molecule has 0 bridgehead atoms. The maximum atomic E-state index is 12.2. The van der Waals surface area contributed by atoms with E-state index in [0.717, 1.165) is 47.4 Å². The molecule has 0 atom stereocenters. The van der Waals surface area contributed by atoms with Crippen molar-refractivity contribution in [3.8, 4) is 0 Å². The summed E-state index contributed by atoms with van der Waals surface area (Å²) in [6.07, 6.45) is 4.50. The fourth-order valence-corrected chi connectivity index (χ4v) is 3.19. The molecule has 1 aliphatic carbocycles. The smallest absolute Gasteiger partial charge is 0.159 e. The zero-order chi connectivity index (χ0) is 14.0. The van der Waals surface area contributed by atoms with Gasteiger partial charge >= 0.3 is 0 Å². The average Bonchev–Trinajstić information content (AvgIpc) is 2.38. The van der Waals surface area contributed by atoms with Crippen LogP contribution in [0.15, 0.2) is 17.7 Å². The molecule has 0 saturated carbocycles. The Morgan fingerprint density at radius 3 is 2.53 bits per heavy atom. The van der Waals surface area contributed by atoms with E-state index in [0.29, 0.717) is 12.2 Å². The van der Waals surface area contributed by atoms with Gasteiger partial charge in [-0.2, -0.15) is 0 Å². The quantitative estimate of drug-likeness (QED) is 0.736. The van der Waals surface area contributed by atoms with Gasteiger partial charge in [0.25, 0.3) is 0 Å². The number of carbonyl (C=O) groups is 1. The van der Waals surface area contributed by atoms with Crippen molar-refractivity contribution in [1.29, 1.82) is 0 Å². The van der Waals surface area contributed by atoms with E-state index in [9.17, 15) is 4.79 Å². The summed E-state index contributed by atoms with van der Waals surface area (Å²) < 4.78 is 0. The van der Waals surface area contributed by atoms with Crippen LogP contribution in [0.2, 0.25) is 5.02 Å². The maximum Gasteiger partial charge on any atom is 0.159 e. The highest BCUT2D eigenvalue weighted by Crippen LogP contribution is 2.38. The minimum absolute atomic E-state index is 0.320. The van der Waals surface area contributed by atoms with Gasteiger partial charge in [0.15, 0.2) is 5.78 Å². The number of halogens is 1. The summed E-state index contributed by atoms with van der Waals surface area (Å²) in [7, 11) is 0. The van der Waals surface area contributed by atoms with Gasteiger partial charge in [-0.15, -0.1) is 0 Å². The molecule has 19 heavy (non-hydrogen) atoms. The Morgan fingerprint density at radius 1 is 1.16 bits per heavy atom. The number of benzene rings is 1. The van der Waals surface area contributed by atoms with E-state index in [2.05, 4.69) is 19.9 Å². The standard InChI is InChI=1S/C17H21ClO/c1-4-6-13-14(7-5-8-15(13)19)16-11(2)9-10-12(3)17(16)18/h9-10H,4-8H2,1-3H3. The number of rotatable bonds is 3. The van der Waals surface area contributed by atoms with Crippen LogP contribution in [-0.2, 0) is 4.79 Å². The van der Waals surface area contributed by atoms with Gasteiger partial charge in [0, 0.05) is 6.42 Å². The molecule has 102 valence electrons. The summed E-state index contributed by atoms with van der Waals surface area (Å²) >= 11 is 6.50. The Balaban J connectivity index is 2.63. The number of ketones is 1. The fraction of sp³-hybridized carbons (Fsp3) is 0.471. The lowest BCUT2D eigenvalue weighted by Crippen LogP contribution is -2.12. The summed E-state index contributed by atoms with van der Waals surface area (Å²) in [5, 5.41) is 0.818. The fourth-order valence-electron chi connectivity index (χ4n) is 2.86. The van der Waals surface area contributed by atoms with Crippen molar-refractivity contribution < 1.29 is 4.79 Å². The molecule has 0 aromatic heterocycles. The lowest BCUT2D eigenvalue weighted by molar-refractivity contribution is -0.116. The van der Waals surface area contributed by atoms with Crippen molar-refractivity contribution in [2.24, 2.45) is 0 Å². The predicted molar refractivity (Wildman–Crippen MR) is 81.6 cm³/mol. The van der Waals surface area contributed by atoms with Crippen LogP contribution in [0.3, 0.4) is 0 Å². The summed E-state index contributed by atoms with van der Waals surface area (Å²) in [5.74, 6) is 0.320. The van der Waals surface area contributed by atoms with Crippen LogP contribution in [-0.4, -0.2) is 5.78 Å². The Hall–Kier alpha value is -1.08. The SMILES string of the molecule is CCCC1=C(c2c(C)ccc(C)c2Cl)CCCC1=O. The first-order valence-electron chi connectivity index (χ1n) is 7.07. The van der Waals surface area contributed by atoms with Crippen molar-refractivity contribution in [1.82, 2.24) is 0 Å². The zero-order valence-electron chi connectivity index (χ0n) is 12.0. The molecule has 0 fully saturated rings. The van der Waals surface area contributed by atoms with Crippen molar-refractivity contribution in [2.75, 3.05) is 0 Å². The largest absolute Gasteiger partial charge is 0.295 e. The van der Waals surface area contributed by atoms with Gasteiger partial charge in [-0.25, -0.2) is 0 Å². The molecule has 2 heteroatoms. The lowest BCUT2D eigenvalue weighted by atomic mass is 9.82. The molecule has 0 radical (unpaired) electrons. The third-order valence-corrected chi connectivity index (χ3v) is 4.36. The highest BCUT2D eigenvalue weighted by Gasteiger charge is 2.23. The van der Waals surface area contributed by atoms with Crippen LogP contribution in [0.5, 0.6) is 0 Å². The molecule has 1 aromatic carbocycles. The molecular weight excluding hydrogens is 256 g/mol. The maximum absolute atomic E-state index is 12.2. The van der Waals surface area contributed by atoms with Crippen LogP contribution in [0.1, 0.15) is 55.7 Å². The molecule has 0 aliphatic heterocycles. The van der Waals surface area contributed by atoms with Gasteiger partial charge in [-0.3, -0.25) is 4.79 Å². The number of Topliss-reactive ketones (excluding diaryl/α,β-unsaturated/α-hetero) is 1. The van der Waals surface area contributed by atoms with Gasteiger partial charge in [-0.1, -0.05) is 37.1 Å². The molecule has 0 spiro atoms. The molecule has 2 rings (SSSR count). The van der Waals surface area contributed by atoms with Crippen molar-refractivity contribution in [2.45, 2.75) is 52.9 Å². The normalized spacial score (nSPS) is 16.1. The number of hydrogen-bond acceptors (Lipinski definition) is 1. The monoisotopic (exact) mass is 276 g/mol. The van der Waals surface area contributed by atoms with E-state index in [4.69, 9.17) is 11.6 Å². The molecule has 0 N–H and O–H groups in total. The third kappa shape index (κ3) is 2.76. The summed E-state index contributed by atoms with van der Waals surface area (Å²) in [6, 6.07) is 4.15. The highest BCUT2D eigenvalue weighted by atomic mass is 35.5. The topological polar surface area (TPSA) is 17.1 Å². The van der Waals surface area contributed by atoms with Crippen LogP contribution < -0.4 is 0 Å². The first-order chi connectivity index (χ1) is 9.06. The molecular formula is C17H21ClO. The van der Waals surface area contributed by atoms with E-state index in [1.807, 2.05) is 13.0 Å². The van der Waals surface area contributed by atoms with Crippen molar-refractivity contribution in [3.63, 3.8) is 0 Å². The molecule has 1 aromatic rings. The zero-order valence-corrected chi connectivity index (χ0v) is 12.7. The van der Waals surface area contributed by atoms with Gasteiger partial charge < -0.3 is 0 Å². The number of hydrogen-bond donors (Lipinski definition) is 0. The van der Waals surface area contributed by atoms with Crippen LogP contribution in [0.4, 0.5) is 0 Å². The molecule has 0 heterocycles. The Kier molecular flexibility index (Phi) is 4.46. The second-order valence-electron chi connectivity index (χ2n) is 5.37. The van der Waals surface area contributed by atoms with E-state index >= 15 is 0 Å². The van der Waals surface area contributed by atoms with Gasteiger partial charge in [0.1, 0.15) is 0 Å². The van der Waals surface area contributed by atoms with E-state index in [-0.39, 0.29) is 0 Å². The van der Waals surface area contributed by atoms with Gasteiger partial charge in [0.2, 0.25) is 0 Å². The first kappa shape index (κ1) is 14.3. The predicted octanol–water partition coefficient (Wildman–Crippen LogP) is 5.26. The summed E-state index contributed by atoms with van der Waals surface area (Å²) in [4.78, 5) is 12.2. The van der Waals surface area contributed by atoms with Crippen LogP contribution >= 0.6 is 11.6 Å². The van der Waals surface area contributed by atoms with E-state index < -0.39 is 0 Å². The van der Waals surface area contributed by atoms with Gasteiger partial charge in [0.05, 0.1) is 5.02 Å². The number of aryl methyl sites for hydroxylation is 2. The summed E-state index contributed by atoms with van der Waals surface area (Å²) in [6.45, 7) is 6.23. The Labute approximate surface area is 120 Å². The average molecular weight is 277 g/mol. The third-order valence-electron chi connectivity index (χ3n) is 3.88. The minimum Gasteiger partial charge on any atom is -0.295 e.